The SMILES string of the molecule is Cc1nn(C)c(Cl)c1CC(NN)c1cc(Br)ccc1N. The molecule has 0 fully saturated rings. The molecule has 0 radical (unpaired) electrons. The smallest absolute Gasteiger partial charge is 0.130 e. The van der Waals surface area contributed by atoms with Crippen molar-refractivity contribution < 1.29 is 0 Å². The minimum Gasteiger partial charge on any atom is -0.398 e. The molecule has 108 valence electrons. The summed E-state index contributed by atoms with van der Waals surface area (Å²) in [6.45, 7) is 1.93. The first-order valence-electron chi connectivity index (χ1n) is 6.13. The fraction of sp³-hybridized carbons (Fsp3) is 0.308. The van der Waals surface area contributed by atoms with E-state index in [4.69, 9.17) is 23.2 Å². The molecule has 1 atom stereocenters. The molecule has 1 heterocycles. The molecule has 1 aromatic heterocycles. The Hall–Kier alpha value is -1.08. The van der Waals surface area contributed by atoms with Gasteiger partial charge in [0.15, 0.2) is 0 Å². The van der Waals surface area contributed by atoms with Gasteiger partial charge in [-0.15, -0.1) is 0 Å². The van der Waals surface area contributed by atoms with E-state index >= 15 is 0 Å². The lowest BCUT2D eigenvalue weighted by atomic mass is 9.98. The average Bonchev–Trinajstić information content (AvgIpc) is 2.65. The van der Waals surface area contributed by atoms with Gasteiger partial charge in [-0.2, -0.15) is 5.10 Å². The third-order valence-corrected chi connectivity index (χ3v) is 4.27. The van der Waals surface area contributed by atoms with Gasteiger partial charge in [0.05, 0.1) is 11.7 Å². The third-order valence-electron chi connectivity index (χ3n) is 3.30. The van der Waals surface area contributed by atoms with Crippen LogP contribution in [0.15, 0.2) is 22.7 Å². The van der Waals surface area contributed by atoms with Crippen molar-refractivity contribution in [1.29, 1.82) is 0 Å². The van der Waals surface area contributed by atoms with Crippen LogP contribution in [0.1, 0.15) is 22.9 Å². The largest absolute Gasteiger partial charge is 0.398 e. The Kier molecular flexibility index (Phi) is 4.70. The Balaban J connectivity index is 2.36. The van der Waals surface area contributed by atoms with Crippen LogP contribution in [-0.4, -0.2) is 9.78 Å². The maximum absolute atomic E-state index is 6.26. The first kappa shape index (κ1) is 15.3. The van der Waals surface area contributed by atoms with Gasteiger partial charge in [-0.3, -0.25) is 16.0 Å². The van der Waals surface area contributed by atoms with Crippen LogP contribution >= 0.6 is 27.5 Å². The Morgan fingerprint density at radius 1 is 1.50 bits per heavy atom. The van der Waals surface area contributed by atoms with Gasteiger partial charge in [0.1, 0.15) is 5.15 Å². The molecule has 2 rings (SSSR count). The molecule has 0 amide bonds. The summed E-state index contributed by atoms with van der Waals surface area (Å²) in [5.41, 5.74) is 12.3. The van der Waals surface area contributed by atoms with Gasteiger partial charge in [-0.25, -0.2) is 0 Å². The molecule has 0 aliphatic rings. The average molecular weight is 359 g/mol. The number of hydrogen-bond acceptors (Lipinski definition) is 4. The van der Waals surface area contributed by atoms with Crippen molar-refractivity contribution in [3.8, 4) is 0 Å². The van der Waals surface area contributed by atoms with E-state index in [-0.39, 0.29) is 6.04 Å². The molecule has 5 N–H and O–H groups in total. The summed E-state index contributed by atoms with van der Waals surface area (Å²) in [5, 5.41) is 4.93. The predicted octanol–water partition coefficient (Wildman–Crippen LogP) is 2.47. The molecule has 7 heteroatoms. The van der Waals surface area contributed by atoms with E-state index in [1.165, 1.54) is 0 Å². The minimum atomic E-state index is -0.132. The molecule has 0 aliphatic carbocycles. The number of rotatable bonds is 4. The second-order valence-electron chi connectivity index (χ2n) is 4.67. The maximum atomic E-state index is 6.26. The predicted molar refractivity (Wildman–Crippen MR) is 85.3 cm³/mol. The highest BCUT2D eigenvalue weighted by Crippen LogP contribution is 2.29. The van der Waals surface area contributed by atoms with Crippen molar-refractivity contribution in [2.75, 3.05) is 5.73 Å². The number of hydrazine groups is 1. The molecule has 0 spiro atoms. The fourth-order valence-electron chi connectivity index (χ4n) is 2.22. The number of aryl methyl sites for hydroxylation is 2. The summed E-state index contributed by atoms with van der Waals surface area (Å²) in [6, 6.07) is 5.57. The van der Waals surface area contributed by atoms with Gasteiger partial charge in [-0.1, -0.05) is 27.5 Å². The topological polar surface area (TPSA) is 81.9 Å². The Bertz CT molecular complexity index is 625. The monoisotopic (exact) mass is 357 g/mol. The highest BCUT2D eigenvalue weighted by Gasteiger charge is 2.19. The zero-order valence-electron chi connectivity index (χ0n) is 11.3. The van der Waals surface area contributed by atoms with Crippen LogP contribution in [0.5, 0.6) is 0 Å². The summed E-state index contributed by atoms with van der Waals surface area (Å²) in [5.74, 6) is 5.69. The van der Waals surface area contributed by atoms with Crippen LogP contribution in [0.25, 0.3) is 0 Å². The van der Waals surface area contributed by atoms with E-state index < -0.39 is 0 Å². The van der Waals surface area contributed by atoms with Crippen LogP contribution in [0.2, 0.25) is 5.15 Å². The standard InChI is InChI=1S/C13H17BrClN5/c1-7-9(13(15)20(2)19-7)6-12(18-17)10-5-8(14)3-4-11(10)16/h3-5,12,18H,6,16-17H2,1-2H3. The van der Waals surface area contributed by atoms with E-state index in [9.17, 15) is 0 Å². The molecular weight excluding hydrogens is 342 g/mol. The van der Waals surface area contributed by atoms with Crippen molar-refractivity contribution in [3.63, 3.8) is 0 Å². The highest BCUT2D eigenvalue weighted by molar-refractivity contribution is 9.10. The van der Waals surface area contributed by atoms with Crippen LogP contribution in [0, 0.1) is 6.92 Å². The molecule has 1 unspecified atom stereocenters. The number of aromatic nitrogens is 2. The van der Waals surface area contributed by atoms with Gasteiger partial charge in [0.25, 0.3) is 0 Å². The molecule has 20 heavy (non-hydrogen) atoms. The quantitative estimate of drug-likeness (QED) is 0.445. The minimum absolute atomic E-state index is 0.132. The third kappa shape index (κ3) is 2.98. The van der Waals surface area contributed by atoms with Crippen molar-refractivity contribution >= 4 is 33.2 Å². The molecule has 0 saturated carbocycles. The van der Waals surface area contributed by atoms with E-state index in [1.54, 1.807) is 4.68 Å². The number of anilines is 1. The molecular formula is C13H17BrClN5. The van der Waals surface area contributed by atoms with E-state index in [1.807, 2.05) is 32.2 Å². The van der Waals surface area contributed by atoms with E-state index in [0.29, 0.717) is 17.3 Å². The van der Waals surface area contributed by atoms with E-state index in [2.05, 4.69) is 26.5 Å². The zero-order chi connectivity index (χ0) is 14.9. The van der Waals surface area contributed by atoms with Crippen LogP contribution in [0.4, 0.5) is 5.69 Å². The van der Waals surface area contributed by atoms with E-state index in [0.717, 1.165) is 21.3 Å². The van der Waals surface area contributed by atoms with Crippen molar-refractivity contribution in [3.05, 3.63) is 44.6 Å². The second-order valence-corrected chi connectivity index (χ2v) is 5.95. The number of benzene rings is 1. The zero-order valence-corrected chi connectivity index (χ0v) is 13.7. The van der Waals surface area contributed by atoms with Crippen molar-refractivity contribution in [2.45, 2.75) is 19.4 Å². The molecule has 0 aliphatic heterocycles. The summed E-state index contributed by atoms with van der Waals surface area (Å²) >= 11 is 9.71. The van der Waals surface area contributed by atoms with Crippen molar-refractivity contribution in [1.82, 2.24) is 15.2 Å². The van der Waals surface area contributed by atoms with Gasteiger partial charge in [0.2, 0.25) is 0 Å². The summed E-state index contributed by atoms with van der Waals surface area (Å²) < 4.78 is 2.61. The Morgan fingerprint density at radius 2 is 2.20 bits per heavy atom. The Labute approximate surface area is 131 Å². The van der Waals surface area contributed by atoms with Gasteiger partial charge in [-0.05, 0) is 37.1 Å². The first-order valence-corrected chi connectivity index (χ1v) is 7.30. The number of nitrogens with one attached hydrogen (secondary N) is 1. The van der Waals surface area contributed by atoms with Crippen molar-refractivity contribution in [2.24, 2.45) is 12.9 Å². The summed E-state index contributed by atoms with van der Waals surface area (Å²) in [6.07, 6.45) is 0.621. The van der Waals surface area contributed by atoms with Gasteiger partial charge in [0, 0.05) is 22.8 Å². The number of nitrogen functional groups attached to an aromatic ring is 1. The lowest BCUT2D eigenvalue weighted by Crippen LogP contribution is -2.30. The number of nitrogens with two attached hydrogens (primary N) is 2. The molecule has 5 nitrogen and oxygen atoms in total. The van der Waals surface area contributed by atoms with Gasteiger partial charge < -0.3 is 5.73 Å². The van der Waals surface area contributed by atoms with Crippen LogP contribution in [0.3, 0.4) is 0 Å². The fourth-order valence-corrected chi connectivity index (χ4v) is 2.85. The first-order chi connectivity index (χ1) is 9.43. The van der Waals surface area contributed by atoms with Crippen LogP contribution < -0.4 is 17.0 Å². The number of nitrogens with zero attached hydrogens (tertiary/aromatic N) is 2. The summed E-state index contributed by atoms with van der Waals surface area (Å²) in [7, 11) is 1.82. The second kappa shape index (κ2) is 6.13. The lowest BCUT2D eigenvalue weighted by molar-refractivity contribution is 0.552. The van der Waals surface area contributed by atoms with Gasteiger partial charge >= 0.3 is 0 Å². The lowest BCUT2D eigenvalue weighted by Gasteiger charge is -2.18. The van der Waals surface area contributed by atoms with Crippen LogP contribution in [-0.2, 0) is 13.5 Å². The Morgan fingerprint density at radius 3 is 2.75 bits per heavy atom. The molecule has 1 aromatic carbocycles. The summed E-state index contributed by atoms with van der Waals surface area (Å²) in [4.78, 5) is 0. The number of halogens is 2. The maximum Gasteiger partial charge on any atom is 0.130 e. The number of hydrogen-bond donors (Lipinski definition) is 3. The molecule has 0 saturated heterocycles. The molecule has 0 bridgehead atoms. The molecule has 2 aromatic rings. The normalized spacial score (nSPS) is 12.7. The highest BCUT2D eigenvalue weighted by atomic mass is 79.9.